The van der Waals surface area contributed by atoms with Crippen molar-refractivity contribution in [2.45, 2.75) is 64.1 Å². The normalized spacial score (nSPS) is 17.2. The van der Waals surface area contributed by atoms with Crippen molar-refractivity contribution in [2.75, 3.05) is 11.4 Å². The van der Waals surface area contributed by atoms with Gasteiger partial charge in [0.2, 0.25) is 5.91 Å². The predicted octanol–water partition coefficient (Wildman–Crippen LogP) is 5.94. The van der Waals surface area contributed by atoms with Crippen LogP contribution in [0, 0.1) is 5.92 Å². The maximum atomic E-state index is 13.4. The van der Waals surface area contributed by atoms with Crippen LogP contribution in [0.15, 0.2) is 42.5 Å². The number of fused-ring (bicyclic) bond motifs is 1. The van der Waals surface area contributed by atoms with Gasteiger partial charge in [-0.3, -0.25) is 4.79 Å². The Balaban J connectivity index is 2.01. The number of carbonyl (C=O) groups is 1. The molecule has 1 aliphatic heterocycles. The van der Waals surface area contributed by atoms with Crippen LogP contribution in [0.4, 0.5) is 32.0 Å². The van der Waals surface area contributed by atoms with Gasteiger partial charge in [0, 0.05) is 17.2 Å². The van der Waals surface area contributed by atoms with Crippen molar-refractivity contribution in [3.8, 4) is 5.75 Å². The Morgan fingerprint density at radius 3 is 2.17 bits per heavy atom. The van der Waals surface area contributed by atoms with Crippen molar-refractivity contribution in [2.24, 2.45) is 5.92 Å². The molecule has 4 nitrogen and oxygen atoms in total. The summed E-state index contributed by atoms with van der Waals surface area (Å²) in [5, 5.41) is 9.83. The minimum atomic E-state index is -5.99. The number of alkyl halides is 6. The number of benzene rings is 2. The fraction of sp³-hybridized carbons (Fsp3) is 0.480. The van der Waals surface area contributed by atoms with Crippen molar-refractivity contribution in [3.05, 3.63) is 59.2 Å². The molecule has 10 heteroatoms. The highest BCUT2D eigenvalue weighted by Crippen LogP contribution is 2.50. The van der Waals surface area contributed by atoms with Crippen LogP contribution in [0.2, 0.25) is 0 Å². The number of amides is 1. The summed E-state index contributed by atoms with van der Waals surface area (Å²) in [7, 11) is 0. The summed E-state index contributed by atoms with van der Waals surface area (Å²) >= 11 is 0. The maximum absolute atomic E-state index is 13.4. The lowest BCUT2D eigenvalue weighted by Crippen LogP contribution is -2.54. The fourth-order valence-electron chi connectivity index (χ4n) is 4.08. The highest BCUT2D eigenvalue weighted by molar-refractivity contribution is 5.95. The molecule has 1 N–H and O–H groups in total. The Morgan fingerprint density at radius 1 is 1.06 bits per heavy atom. The molecule has 1 aliphatic rings. The number of hydrogen-bond acceptors (Lipinski definition) is 3. The van der Waals surface area contributed by atoms with E-state index in [-0.39, 0.29) is 36.5 Å². The molecule has 2 aromatic carbocycles. The zero-order valence-electron chi connectivity index (χ0n) is 19.5. The van der Waals surface area contributed by atoms with Crippen molar-refractivity contribution in [1.82, 2.24) is 0 Å². The average Bonchev–Trinajstić information content (AvgIpc) is 2.96. The number of anilines is 1. The van der Waals surface area contributed by atoms with Gasteiger partial charge in [0.05, 0.1) is 6.54 Å². The van der Waals surface area contributed by atoms with Crippen LogP contribution in [0.1, 0.15) is 43.9 Å². The van der Waals surface area contributed by atoms with Gasteiger partial charge in [0.25, 0.3) is 5.60 Å². The summed E-state index contributed by atoms with van der Waals surface area (Å²) in [5.74, 6) is -0.288. The van der Waals surface area contributed by atoms with Gasteiger partial charge in [0.1, 0.15) is 11.9 Å². The molecule has 2 aromatic rings. The zero-order valence-corrected chi connectivity index (χ0v) is 19.5. The minimum absolute atomic E-state index is 0.0502. The number of ether oxygens (including phenoxy) is 1. The van der Waals surface area contributed by atoms with Gasteiger partial charge in [-0.25, -0.2) is 0 Å². The minimum Gasteiger partial charge on any atom is -0.489 e. The standard InChI is InChI=1S/C25H27F6NO3/c1-4-16-5-9-19(10-6-16)35-20-11-7-17-13-18(23(34,24(26,27)28)25(29,30)31)8-12-21(17)32(14-20)22(33)15(2)3/h5-6,8-10,12-13,15,20,34H,4,7,11,14H2,1-3H3. The molecule has 1 amide bonds. The van der Waals surface area contributed by atoms with Crippen LogP contribution in [0.5, 0.6) is 5.75 Å². The van der Waals surface area contributed by atoms with Crippen LogP contribution >= 0.6 is 0 Å². The molecule has 1 atom stereocenters. The van der Waals surface area contributed by atoms with E-state index in [2.05, 4.69) is 0 Å². The molecule has 0 aromatic heterocycles. The lowest BCUT2D eigenvalue weighted by atomic mass is 9.89. The smallest absolute Gasteiger partial charge is 0.430 e. The second-order valence-electron chi connectivity index (χ2n) is 8.93. The number of hydrogen-bond donors (Lipinski definition) is 1. The average molecular weight is 503 g/mol. The summed E-state index contributed by atoms with van der Waals surface area (Å²) in [6.07, 6.45) is -11.4. The zero-order chi connectivity index (χ0) is 26.2. The predicted molar refractivity (Wildman–Crippen MR) is 118 cm³/mol. The van der Waals surface area contributed by atoms with E-state index in [4.69, 9.17) is 4.74 Å². The first-order chi connectivity index (χ1) is 16.2. The van der Waals surface area contributed by atoms with E-state index in [0.29, 0.717) is 17.9 Å². The van der Waals surface area contributed by atoms with Gasteiger partial charge in [-0.2, -0.15) is 26.3 Å². The number of aryl methyl sites for hydroxylation is 2. The number of rotatable bonds is 5. The molecule has 0 bridgehead atoms. The van der Waals surface area contributed by atoms with E-state index in [1.54, 1.807) is 26.0 Å². The molecule has 192 valence electrons. The van der Waals surface area contributed by atoms with E-state index in [9.17, 15) is 36.2 Å². The van der Waals surface area contributed by atoms with Gasteiger partial charge in [-0.15, -0.1) is 0 Å². The van der Waals surface area contributed by atoms with Crippen LogP contribution < -0.4 is 9.64 Å². The number of nitrogens with zero attached hydrogens (tertiary/aromatic N) is 1. The van der Waals surface area contributed by atoms with E-state index < -0.39 is 35.5 Å². The van der Waals surface area contributed by atoms with Crippen molar-refractivity contribution < 1.29 is 41.0 Å². The van der Waals surface area contributed by atoms with Gasteiger partial charge in [-0.1, -0.05) is 45.0 Å². The molecule has 0 saturated heterocycles. The quantitative estimate of drug-likeness (QED) is 0.514. The molecule has 0 aliphatic carbocycles. The van der Waals surface area contributed by atoms with Crippen molar-refractivity contribution in [1.29, 1.82) is 0 Å². The largest absolute Gasteiger partial charge is 0.489 e. The first-order valence-corrected chi connectivity index (χ1v) is 11.2. The molecule has 1 unspecified atom stereocenters. The molecule has 0 saturated carbocycles. The summed E-state index contributed by atoms with van der Waals surface area (Å²) in [4.78, 5) is 14.3. The monoisotopic (exact) mass is 503 g/mol. The molecule has 0 spiro atoms. The summed E-state index contributed by atoms with van der Waals surface area (Å²) in [5.41, 5.74) is -4.99. The molecule has 0 fully saturated rings. The van der Waals surface area contributed by atoms with Crippen molar-refractivity contribution >= 4 is 11.6 Å². The Kier molecular flexibility index (Phi) is 7.45. The Bertz CT molecular complexity index is 1030. The van der Waals surface area contributed by atoms with Crippen LogP contribution in [-0.2, 0) is 23.2 Å². The Morgan fingerprint density at radius 2 is 1.66 bits per heavy atom. The third-order valence-electron chi connectivity index (χ3n) is 6.12. The second-order valence-corrected chi connectivity index (χ2v) is 8.93. The first kappa shape index (κ1) is 26.8. The molecule has 35 heavy (non-hydrogen) atoms. The Hall–Kier alpha value is -2.75. The summed E-state index contributed by atoms with van der Waals surface area (Å²) < 4.78 is 86.5. The molecule has 0 radical (unpaired) electrons. The Labute approximate surface area is 199 Å². The molecular formula is C25H27F6NO3. The van der Waals surface area contributed by atoms with Gasteiger partial charge in [0.15, 0.2) is 0 Å². The van der Waals surface area contributed by atoms with E-state index in [1.165, 1.54) is 4.90 Å². The van der Waals surface area contributed by atoms with Gasteiger partial charge >= 0.3 is 12.4 Å². The highest BCUT2D eigenvalue weighted by atomic mass is 19.4. The fourth-order valence-corrected chi connectivity index (χ4v) is 4.08. The third-order valence-corrected chi connectivity index (χ3v) is 6.12. The lowest BCUT2D eigenvalue weighted by Gasteiger charge is -2.33. The van der Waals surface area contributed by atoms with Crippen LogP contribution in [0.3, 0.4) is 0 Å². The molecule has 1 heterocycles. The van der Waals surface area contributed by atoms with Gasteiger partial charge in [-0.05, 0) is 48.6 Å². The number of aliphatic hydroxyl groups is 1. The number of carbonyl (C=O) groups excluding carboxylic acids is 1. The number of halogens is 6. The SMILES string of the molecule is CCc1ccc(OC2CCc3cc(C(O)(C(F)(F)F)C(F)(F)F)ccc3N(C(=O)C(C)C)C2)cc1. The van der Waals surface area contributed by atoms with E-state index in [1.807, 2.05) is 19.1 Å². The van der Waals surface area contributed by atoms with Crippen molar-refractivity contribution in [3.63, 3.8) is 0 Å². The first-order valence-electron chi connectivity index (χ1n) is 11.2. The van der Waals surface area contributed by atoms with E-state index in [0.717, 1.165) is 18.1 Å². The molecule has 3 rings (SSSR count). The topological polar surface area (TPSA) is 49.8 Å². The van der Waals surface area contributed by atoms with E-state index >= 15 is 0 Å². The lowest BCUT2D eigenvalue weighted by molar-refractivity contribution is -0.376. The van der Waals surface area contributed by atoms with Crippen LogP contribution in [0.25, 0.3) is 0 Å². The summed E-state index contributed by atoms with van der Waals surface area (Å²) in [6, 6.07) is 9.62. The second kappa shape index (κ2) is 9.72. The summed E-state index contributed by atoms with van der Waals surface area (Å²) in [6.45, 7) is 5.36. The third kappa shape index (κ3) is 5.27. The molecular weight excluding hydrogens is 476 g/mol. The maximum Gasteiger partial charge on any atom is 0.430 e. The van der Waals surface area contributed by atoms with Crippen LogP contribution in [-0.4, -0.2) is 36.0 Å². The van der Waals surface area contributed by atoms with Gasteiger partial charge < -0.3 is 14.7 Å². The highest BCUT2D eigenvalue weighted by Gasteiger charge is 2.71.